The molecule has 3 N–H and O–H groups in total. The molecule has 19 heavy (non-hydrogen) atoms. The summed E-state index contributed by atoms with van der Waals surface area (Å²) in [5, 5.41) is 3.37. The van der Waals surface area contributed by atoms with Gasteiger partial charge in [-0.05, 0) is 31.9 Å². The second kappa shape index (κ2) is 6.15. The van der Waals surface area contributed by atoms with Gasteiger partial charge in [-0.2, -0.15) is 0 Å². The molecule has 1 aliphatic heterocycles. The number of carbonyl (C=O) groups excluding carboxylic acids is 1. The van der Waals surface area contributed by atoms with Crippen LogP contribution in [0.5, 0.6) is 0 Å². The number of carbonyl (C=O) groups is 1. The van der Waals surface area contributed by atoms with Crippen molar-refractivity contribution in [2.45, 2.75) is 39.0 Å². The fourth-order valence-corrected chi connectivity index (χ4v) is 2.98. The summed E-state index contributed by atoms with van der Waals surface area (Å²) in [6.45, 7) is 3.97. The van der Waals surface area contributed by atoms with Crippen LogP contribution < -0.4 is 11.1 Å². The summed E-state index contributed by atoms with van der Waals surface area (Å²) in [6.07, 6.45) is 7.84. The maximum atomic E-state index is 12.7. The number of aromatic nitrogens is 1. The number of nitrogens with one attached hydrogen (secondary N) is 1. The van der Waals surface area contributed by atoms with Crippen LogP contribution in [0.4, 0.5) is 5.69 Å². The molecule has 0 saturated carbocycles. The lowest BCUT2D eigenvalue weighted by molar-refractivity contribution is -0.129. The zero-order valence-corrected chi connectivity index (χ0v) is 11.6. The minimum absolute atomic E-state index is 0.199. The van der Waals surface area contributed by atoms with Crippen molar-refractivity contribution in [3.05, 3.63) is 24.0 Å². The van der Waals surface area contributed by atoms with Crippen LogP contribution in [0.15, 0.2) is 18.5 Å². The Morgan fingerprint density at radius 3 is 3.05 bits per heavy atom. The lowest BCUT2D eigenvalue weighted by Gasteiger charge is -2.36. The molecule has 1 aromatic heterocycles. The fourth-order valence-electron chi connectivity index (χ4n) is 2.98. The molecule has 4 nitrogen and oxygen atoms in total. The molecule has 0 bridgehead atoms. The molecule has 1 aromatic rings. The van der Waals surface area contributed by atoms with Gasteiger partial charge in [0.15, 0.2) is 0 Å². The molecule has 1 aliphatic rings. The van der Waals surface area contributed by atoms with Crippen LogP contribution in [0.1, 0.15) is 38.2 Å². The lowest BCUT2D eigenvalue weighted by Crippen LogP contribution is -2.46. The number of ketones is 1. The first-order valence-corrected chi connectivity index (χ1v) is 7.10. The average molecular weight is 261 g/mol. The first kappa shape index (κ1) is 14.0. The van der Waals surface area contributed by atoms with E-state index in [1.165, 1.54) is 0 Å². The number of nitrogens with two attached hydrogens (primary N) is 1. The summed E-state index contributed by atoms with van der Waals surface area (Å²) in [5.41, 5.74) is 7.23. The molecule has 1 saturated heterocycles. The van der Waals surface area contributed by atoms with Crippen LogP contribution in [0, 0.1) is 5.41 Å². The number of rotatable bonds is 5. The van der Waals surface area contributed by atoms with E-state index in [2.05, 4.69) is 17.2 Å². The number of pyridine rings is 1. The molecule has 1 fully saturated rings. The molecular weight excluding hydrogens is 238 g/mol. The van der Waals surface area contributed by atoms with E-state index < -0.39 is 0 Å². The third-order valence-corrected chi connectivity index (χ3v) is 4.08. The predicted molar refractivity (Wildman–Crippen MR) is 76.8 cm³/mol. The van der Waals surface area contributed by atoms with Crippen molar-refractivity contribution in [2.24, 2.45) is 5.41 Å². The highest BCUT2D eigenvalue weighted by Crippen LogP contribution is 2.34. The van der Waals surface area contributed by atoms with Gasteiger partial charge in [0.1, 0.15) is 5.78 Å². The number of nitrogens with zero attached hydrogens (tertiary/aromatic N) is 1. The first-order chi connectivity index (χ1) is 9.18. The molecule has 0 aliphatic carbocycles. The second-order valence-electron chi connectivity index (χ2n) is 5.49. The van der Waals surface area contributed by atoms with Gasteiger partial charge in [0.05, 0.1) is 0 Å². The van der Waals surface area contributed by atoms with Crippen molar-refractivity contribution in [3.8, 4) is 0 Å². The summed E-state index contributed by atoms with van der Waals surface area (Å²) >= 11 is 0. The molecule has 1 atom stereocenters. The molecule has 2 rings (SSSR count). The largest absolute Gasteiger partial charge is 0.398 e. The van der Waals surface area contributed by atoms with Crippen molar-refractivity contribution in [2.75, 3.05) is 18.8 Å². The van der Waals surface area contributed by atoms with Gasteiger partial charge >= 0.3 is 0 Å². The van der Waals surface area contributed by atoms with E-state index in [4.69, 9.17) is 5.73 Å². The number of hydrogen-bond acceptors (Lipinski definition) is 4. The highest BCUT2D eigenvalue weighted by molar-refractivity contribution is 5.88. The maximum absolute atomic E-state index is 12.7. The van der Waals surface area contributed by atoms with Crippen LogP contribution in [0.2, 0.25) is 0 Å². The Morgan fingerprint density at radius 2 is 2.42 bits per heavy atom. The molecule has 2 heterocycles. The van der Waals surface area contributed by atoms with Crippen molar-refractivity contribution in [1.82, 2.24) is 10.3 Å². The fraction of sp³-hybridized carbons (Fsp3) is 0.600. The third-order valence-electron chi connectivity index (χ3n) is 4.08. The molecule has 0 amide bonds. The van der Waals surface area contributed by atoms with Crippen LogP contribution in [-0.4, -0.2) is 23.9 Å². The van der Waals surface area contributed by atoms with Gasteiger partial charge in [-0.1, -0.05) is 13.3 Å². The van der Waals surface area contributed by atoms with Gasteiger partial charge in [-0.25, -0.2) is 0 Å². The van der Waals surface area contributed by atoms with Gasteiger partial charge < -0.3 is 11.1 Å². The summed E-state index contributed by atoms with van der Waals surface area (Å²) in [4.78, 5) is 16.8. The number of nitrogen functional groups attached to an aromatic ring is 1. The van der Waals surface area contributed by atoms with E-state index >= 15 is 0 Å². The summed E-state index contributed by atoms with van der Waals surface area (Å²) in [5.74, 6) is 0.307. The first-order valence-electron chi connectivity index (χ1n) is 7.10. The topological polar surface area (TPSA) is 68.0 Å². The zero-order valence-electron chi connectivity index (χ0n) is 11.6. The molecule has 0 aromatic carbocycles. The standard InChI is InChI=1S/C15H23N3O/c1-2-5-15(6-3-7-18-11-15)14(19)9-12-10-17-8-4-13(12)16/h4,8,10,18H,2-3,5-7,9,11H2,1H3,(H2,16,17). The normalized spacial score (nSPS) is 23.2. The average Bonchev–Trinajstić information content (AvgIpc) is 2.42. The Balaban J connectivity index is 2.14. The van der Waals surface area contributed by atoms with Gasteiger partial charge in [-0.3, -0.25) is 9.78 Å². The Morgan fingerprint density at radius 1 is 1.58 bits per heavy atom. The van der Waals surface area contributed by atoms with Crippen molar-refractivity contribution < 1.29 is 4.79 Å². The molecule has 104 valence electrons. The quantitative estimate of drug-likeness (QED) is 0.850. The summed E-state index contributed by atoms with van der Waals surface area (Å²) in [7, 11) is 0. The van der Waals surface area contributed by atoms with E-state index in [0.29, 0.717) is 17.9 Å². The highest BCUT2D eigenvalue weighted by Gasteiger charge is 2.38. The second-order valence-corrected chi connectivity index (χ2v) is 5.49. The summed E-state index contributed by atoms with van der Waals surface area (Å²) < 4.78 is 0. The number of hydrogen-bond donors (Lipinski definition) is 2. The highest BCUT2D eigenvalue weighted by atomic mass is 16.1. The van der Waals surface area contributed by atoms with Crippen LogP contribution in [-0.2, 0) is 11.2 Å². The van der Waals surface area contributed by atoms with Gasteiger partial charge in [0, 0.05) is 42.0 Å². The zero-order chi connectivity index (χ0) is 13.7. The lowest BCUT2D eigenvalue weighted by atomic mass is 9.72. The molecule has 4 heteroatoms. The molecular formula is C15H23N3O. The molecule has 0 spiro atoms. The Kier molecular flexibility index (Phi) is 4.53. The van der Waals surface area contributed by atoms with Gasteiger partial charge in [0.25, 0.3) is 0 Å². The monoisotopic (exact) mass is 261 g/mol. The predicted octanol–water partition coefficient (Wildman–Crippen LogP) is 1.95. The van der Waals surface area contributed by atoms with Crippen molar-refractivity contribution in [1.29, 1.82) is 0 Å². The van der Waals surface area contributed by atoms with Crippen LogP contribution in [0.3, 0.4) is 0 Å². The van der Waals surface area contributed by atoms with Crippen LogP contribution in [0.25, 0.3) is 0 Å². The molecule has 1 unspecified atom stereocenters. The molecule has 0 radical (unpaired) electrons. The van der Waals surface area contributed by atoms with Crippen LogP contribution >= 0.6 is 0 Å². The van der Waals surface area contributed by atoms with E-state index in [0.717, 1.165) is 44.3 Å². The Labute approximate surface area is 114 Å². The smallest absolute Gasteiger partial charge is 0.144 e. The van der Waals surface area contributed by atoms with E-state index in [1.807, 2.05) is 0 Å². The van der Waals surface area contributed by atoms with Gasteiger partial charge in [0.2, 0.25) is 0 Å². The summed E-state index contributed by atoms with van der Waals surface area (Å²) in [6, 6.07) is 1.76. The number of anilines is 1. The third kappa shape index (κ3) is 3.13. The van der Waals surface area contributed by atoms with Gasteiger partial charge in [-0.15, -0.1) is 0 Å². The van der Waals surface area contributed by atoms with E-state index in [9.17, 15) is 4.79 Å². The van der Waals surface area contributed by atoms with Crippen molar-refractivity contribution in [3.63, 3.8) is 0 Å². The number of Topliss-reactive ketones (excluding diaryl/α,β-unsaturated/α-hetero) is 1. The number of piperidine rings is 1. The van der Waals surface area contributed by atoms with E-state index in [1.54, 1.807) is 18.5 Å². The Hall–Kier alpha value is -1.42. The minimum Gasteiger partial charge on any atom is -0.398 e. The minimum atomic E-state index is -0.199. The SMILES string of the molecule is CCCC1(C(=O)Cc2cnccc2N)CCCNC1. The Bertz CT molecular complexity index is 433. The van der Waals surface area contributed by atoms with E-state index in [-0.39, 0.29) is 5.41 Å². The maximum Gasteiger partial charge on any atom is 0.144 e. The van der Waals surface area contributed by atoms with Crippen molar-refractivity contribution >= 4 is 11.5 Å².